The molecular formula is C23H34N6. The molecule has 0 amide bonds. The Kier molecular flexibility index (Phi) is 6.28. The van der Waals surface area contributed by atoms with E-state index in [9.17, 15) is 0 Å². The van der Waals surface area contributed by atoms with Gasteiger partial charge in [0.1, 0.15) is 11.7 Å². The second-order valence-corrected chi connectivity index (χ2v) is 8.56. The molecule has 6 heteroatoms. The minimum Gasteiger partial charge on any atom is -0.358 e. The SMILES string of the molecule is CC(=NC1=C(C=N)CCN(c2ccc(C)cn2)CC1)N1CCN(C2CCC2)CC1. The summed E-state index contributed by atoms with van der Waals surface area (Å²) < 4.78 is 0. The number of piperazine rings is 1. The number of nitrogens with one attached hydrogen (secondary N) is 1. The van der Waals surface area contributed by atoms with Gasteiger partial charge in [0.15, 0.2) is 0 Å². The maximum atomic E-state index is 7.91. The third kappa shape index (κ3) is 4.69. The molecule has 3 aliphatic rings. The summed E-state index contributed by atoms with van der Waals surface area (Å²) >= 11 is 0. The highest BCUT2D eigenvalue weighted by Gasteiger charge is 2.28. The first-order valence-corrected chi connectivity index (χ1v) is 11.1. The van der Waals surface area contributed by atoms with Gasteiger partial charge in [0.25, 0.3) is 0 Å². The fraction of sp³-hybridized carbons (Fsp3) is 0.609. The lowest BCUT2D eigenvalue weighted by Crippen LogP contribution is -2.53. The number of hydrogen-bond acceptors (Lipinski definition) is 5. The number of hydrogen-bond donors (Lipinski definition) is 1. The van der Waals surface area contributed by atoms with E-state index in [1.807, 2.05) is 6.20 Å². The molecule has 1 saturated heterocycles. The zero-order valence-corrected chi connectivity index (χ0v) is 17.9. The summed E-state index contributed by atoms with van der Waals surface area (Å²) in [5, 5.41) is 7.91. The maximum absolute atomic E-state index is 7.91. The Morgan fingerprint density at radius 3 is 2.48 bits per heavy atom. The second kappa shape index (κ2) is 9.08. The largest absolute Gasteiger partial charge is 0.358 e. The van der Waals surface area contributed by atoms with Crippen molar-refractivity contribution in [3.8, 4) is 0 Å². The van der Waals surface area contributed by atoms with Crippen LogP contribution in [0.2, 0.25) is 0 Å². The van der Waals surface area contributed by atoms with Crippen molar-refractivity contribution in [1.29, 1.82) is 5.41 Å². The van der Waals surface area contributed by atoms with Crippen LogP contribution in [0.15, 0.2) is 34.6 Å². The Labute approximate surface area is 174 Å². The van der Waals surface area contributed by atoms with E-state index in [4.69, 9.17) is 10.4 Å². The third-order valence-corrected chi connectivity index (χ3v) is 6.69. The molecule has 4 rings (SSSR count). The summed E-state index contributed by atoms with van der Waals surface area (Å²) in [6.45, 7) is 10.4. The van der Waals surface area contributed by atoms with Gasteiger partial charge in [-0.1, -0.05) is 12.5 Å². The Balaban J connectivity index is 1.40. The molecule has 0 aromatic carbocycles. The molecule has 0 spiro atoms. The van der Waals surface area contributed by atoms with Gasteiger partial charge in [-0.25, -0.2) is 9.98 Å². The third-order valence-electron chi connectivity index (χ3n) is 6.69. The van der Waals surface area contributed by atoms with Gasteiger partial charge in [-0.2, -0.15) is 0 Å². The molecule has 3 heterocycles. The number of amidine groups is 1. The van der Waals surface area contributed by atoms with Gasteiger partial charge in [0, 0.05) is 69.8 Å². The van der Waals surface area contributed by atoms with Crippen molar-refractivity contribution in [2.45, 2.75) is 52.0 Å². The molecule has 1 aliphatic carbocycles. The second-order valence-electron chi connectivity index (χ2n) is 8.56. The zero-order chi connectivity index (χ0) is 20.2. The first kappa shape index (κ1) is 20.1. The summed E-state index contributed by atoms with van der Waals surface area (Å²) in [5.74, 6) is 2.13. The van der Waals surface area contributed by atoms with Crippen molar-refractivity contribution in [1.82, 2.24) is 14.8 Å². The molecule has 2 fully saturated rings. The van der Waals surface area contributed by atoms with E-state index < -0.39 is 0 Å². The molecule has 1 saturated carbocycles. The van der Waals surface area contributed by atoms with Crippen LogP contribution in [0.1, 0.15) is 44.6 Å². The quantitative estimate of drug-likeness (QED) is 0.627. The van der Waals surface area contributed by atoms with Crippen molar-refractivity contribution in [3.05, 3.63) is 35.2 Å². The van der Waals surface area contributed by atoms with E-state index in [1.165, 1.54) is 31.0 Å². The number of rotatable bonds is 4. The minimum atomic E-state index is 0.838. The van der Waals surface area contributed by atoms with Gasteiger partial charge < -0.3 is 15.2 Å². The van der Waals surface area contributed by atoms with E-state index >= 15 is 0 Å². The average Bonchev–Trinajstić information content (AvgIpc) is 2.90. The van der Waals surface area contributed by atoms with Crippen molar-refractivity contribution in [2.24, 2.45) is 4.99 Å². The first-order valence-electron chi connectivity index (χ1n) is 11.1. The van der Waals surface area contributed by atoms with Crippen LogP contribution < -0.4 is 4.90 Å². The summed E-state index contributed by atoms with van der Waals surface area (Å²) in [6, 6.07) is 5.05. The molecule has 2 aliphatic heterocycles. The monoisotopic (exact) mass is 394 g/mol. The van der Waals surface area contributed by atoms with Crippen molar-refractivity contribution in [2.75, 3.05) is 44.2 Å². The first-order chi connectivity index (χ1) is 14.1. The van der Waals surface area contributed by atoms with Gasteiger partial charge in [-0.05, 0) is 50.3 Å². The molecule has 29 heavy (non-hydrogen) atoms. The van der Waals surface area contributed by atoms with E-state index in [0.717, 1.165) is 81.1 Å². The van der Waals surface area contributed by atoms with Gasteiger partial charge in [0.05, 0.1) is 0 Å². The van der Waals surface area contributed by atoms with Crippen LogP contribution in [0.4, 0.5) is 5.82 Å². The van der Waals surface area contributed by atoms with Gasteiger partial charge in [-0.3, -0.25) is 4.90 Å². The minimum absolute atomic E-state index is 0.838. The molecule has 0 atom stereocenters. The normalized spacial score (nSPS) is 22.5. The van der Waals surface area contributed by atoms with Crippen LogP contribution in [0.3, 0.4) is 0 Å². The van der Waals surface area contributed by atoms with Crippen LogP contribution in [-0.2, 0) is 0 Å². The molecule has 1 aromatic heterocycles. The average molecular weight is 395 g/mol. The molecular weight excluding hydrogens is 360 g/mol. The predicted molar refractivity (Wildman–Crippen MR) is 120 cm³/mol. The molecule has 0 unspecified atom stereocenters. The lowest BCUT2D eigenvalue weighted by molar-refractivity contribution is 0.0852. The number of anilines is 1. The lowest BCUT2D eigenvalue weighted by atomic mass is 9.91. The lowest BCUT2D eigenvalue weighted by Gasteiger charge is -2.43. The molecule has 1 aromatic rings. The number of aromatic nitrogens is 1. The van der Waals surface area contributed by atoms with Gasteiger partial charge in [-0.15, -0.1) is 0 Å². The van der Waals surface area contributed by atoms with Crippen LogP contribution in [0.5, 0.6) is 0 Å². The fourth-order valence-electron chi connectivity index (χ4n) is 4.50. The summed E-state index contributed by atoms with van der Waals surface area (Å²) in [6.07, 6.45) is 9.32. The highest BCUT2D eigenvalue weighted by atomic mass is 15.3. The van der Waals surface area contributed by atoms with Crippen LogP contribution in [0.25, 0.3) is 0 Å². The number of pyridine rings is 1. The standard InChI is InChI=1S/C23H34N6/c1-18-6-7-23(25-17-18)29-10-8-20(16-24)22(9-11-29)26-19(2)27-12-14-28(15-13-27)21-4-3-5-21/h6-7,16-17,21,24H,3-5,8-15H2,1-2H3. The van der Waals surface area contributed by atoms with Gasteiger partial charge >= 0.3 is 0 Å². The van der Waals surface area contributed by atoms with E-state index in [1.54, 1.807) is 0 Å². The van der Waals surface area contributed by atoms with Crippen LogP contribution >= 0.6 is 0 Å². The predicted octanol–water partition coefficient (Wildman–Crippen LogP) is 3.48. The van der Waals surface area contributed by atoms with Crippen molar-refractivity contribution < 1.29 is 0 Å². The summed E-state index contributed by atoms with van der Waals surface area (Å²) in [4.78, 5) is 17.0. The van der Waals surface area contributed by atoms with E-state index in [0.29, 0.717) is 0 Å². The van der Waals surface area contributed by atoms with Crippen molar-refractivity contribution >= 4 is 17.9 Å². The smallest absolute Gasteiger partial charge is 0.128 e. The number of aryl methyl sites for hydroxylation is 1. The Morgan fingerprint density at radius 1 is 1.10 bits per heavy atom. The number of aliphatic imine (C=N–C) groups is 1. The fourth-order valence-corrected chi connectivity index (χ4v) is 4.50. The number of nitrogens with zero attached hydrogens (tertiary/aromatic N) is 5. The summed E-state index contributed by atoms with van der Waals surface area (Å²) in [7, 11) is 0. The molecule has 156 valence electrons. The molecule has 0 radical (unpaired) electrons. The Hall–Kier alpha value is -2.21. The molecule has 6 nitrogen and oxygen atoms in total. The van der Waals surface area contributed by atoms with Crippen LogP contribution in [-0.4, -0.2) is 72.1 Å². The maximum Gasteiger partial charge on any atom is 0.128 e. The van der Waals surface area contributed by atoms with Crippen molar-refractivity contribution in [3.63, 3.8) is 0 Å². The Morgan fingerprint density at radius 2 is 1.86 bits per heavy atom. The molecule has 0 bridgehead atoms. The van der Waals surface area contributed by atoms with E-state index in [2.05, 4.69) is 45.7 Å². The van der Waals surface area contributed by atoms with Crippen LogP contribution in [0, 0.1) is 12.3 Å². The highest BCUT2D eigenvalue weighted by molar-refractivity contribution is 5.83. The highest BCUT2D eigenvalue weighted by Crippen LogP contribution is 2.26. The summed E-state index contributed by atoms with van der Waals surface area (Å²) in [5.41, 5.74) is 3.32. The van der Waals surface area contributed by atoms with Gasteiger partial charge in [0.2, 0.25) is 0 Å². The topological polar surface area (TPSA) is 58.8 Å². The van der Waals surface area contributed by atoms with E-state index in [-0.39, 0.29) is 0 Å². The Bertz CT molecular complexity index is 769. The molecule has 1 N–H and O–H groups in total. The zero-order valence-electron chi connectivity index (χ0n) is 17.9.